The molecule has 0 unspecified atom stereocenters. The highest BCUT2D eigenvalue weighted by atomic mass is 16.4. The first-order chi connectivity index (χ1) is 10.3. The molecule has 0 bridgehead atoms. The third kappa shape index (κ3) is 3.06. The number of nitriles is 1. The molecule has 0 saturated carbocycles. The van der Waals surface area contributed by atoms with Crippen LogP contribution in [0.2, 0.25) is 0 Å². The lowest BCUT2D eigenvalue weighted by molar-refractivity contribution is 0.245. The smallest absolute Gasteiger partial charge is 0.234 e. The van der Waals surface area contributed by atoms with Crippen LogP contribution >= 0.6 is 0 Å². The second-order valence-electron chi connectivity index (χ2n) is 5.25. The van der Waals surface area contributed by atoms with Crippen molar-refractivity contribution in [2.24, 2.45) is 0 Å². The Morgan fingerprint density at radius 3 is 2.57 bits per heavy atom. The molecule has 2 aromatic rings. The summed E-state index contributed by atoms with van der Waals surface area (Å²) in [7, 11) is 0. The van der Waals surface area contributed by atoms with Crippen molar-refractivity contribution in [2.45, 2.75) is 13.5 Å². The van der Waals surface area contributed by atoms with Gasteiger partial charge in [-0.1, -0.05) is 30.3 Å². The molecule has 5 nitrogen and oxygen atoms in total. The molecule has 1 aliphatic heterocycles. The summed E-state index contributed by atoms with van der Waals surface area (Å²) < 4.78 is 5.57. The van der Waals surface area contributed by atoms with E-state index in [1.165, 1.54) is 5.56 Å². The Morgan fingerprint density at radius 2 is 1.90 bits per heavy atom. The summed E-state index contributed by atoms with van der Waals surface area (Å²) in [5, 5.41) is 9.10. The van der Waals surface area contributed by atoms with Crippen LogP contribution in [0.15, 0.2) is 34.7 Å². The Balaban J connectivity index is 1.61. The highest BCUT2D eigenvalue weighted by molar-refractivity contribution is 5.48. The standard InChI is InChI=1S/C16H18N4O/c1-13-18-15(11-17)16(21-13)20-9-7-19(8-10-20)12-14-5-3-2-4-6-14/h2-6H,7-10,12H2,1H3. The van der Waals surface area contributed by atoms with Crippen molar-refractivity contribution in [2.75, 3.05) is 31.1 Å². The number of hydrogen-bond donors (Lipinski definition) is 0. The van der Waals surface area contributed by atoms with Crippen LogP contribution in [0.25, 0.3) is 0 Å². The first-order valence-corrected chi connectivity index (χ1v) is 7.15. The van der Waals surface area contributed by atoms with Gasteiger partial charge in [0.25, 0.3) is 0 Å². The van der Waals surface area contributed by atoms with E-state index in [0.29, 0.717) is 17.5 Å². The highest BCUT2D eigenvalue weighted by Crippen LogP contribution is 2.22. The van der Waals surface area contributed by atoms with E-state index in [1.807, 2.05) is 6.07 Å². The summed E-state index contributed by atoms with van der Waals surface area (Å²) >= 11 is 0. The highest BCUT2D eigenvalue weighted by Gasteiger charge is 2.23. The Morgan fingerprint density at radius 1 is 1.19 bits per heavy atom. The molecule has 1 saturated heterocycles. The lowest BCUT2D eigenvalue weighted by Gasteiger charge is -2.34. The second kappa shape index (κ2) is 5.98. The number of benzene rings is 1. The minimum atomic E-state index is 0.393. The molecule has 3 rings (SSSR count). The third-order valence-corrected chi connectivity index (χ3v) is 3.73. The normalized spacial score (nSPS) is 15.9. The minimum absolute atomic E-state index is 0.393. The van der Waals surface area contributed by atoms with Crippen molar-refractivity contribution in [1.82, 2.24) is 9.88 Å². The molecule has 0 radical (unpaired) electrons. The van der Waals surface area contributed by atoms with Gasteiger partial charge in [-0.15, -0.1) is 0 Å². The van der Waals surface area contributed by atoms with E-state index < -0.39 is 0 Å². The monoisotopic (exact) mass is 282 g/mol. The van der Waals surface area contributed by atoms with Crippen LogP contribution in [0, 0.1) is 18.3 Å². The van der Waals surface area contributed by atoms with Gasteiger partial charge in [0.1, 0.15) is 6.07 Å². The molecule has 0 N–H and O–H groups in total. The molecule has 2 heterocycles. The molecule has 1 fully saturated rings. The van der Waals surface area contributed by atoms with E-state index in [0.717, 1.165) is 32.7 Å². The van der Waals surface area contributed by atoms with Gasteiger partial charge < -0.3 is 9.32 Å². The number of hydrogen-bond acceptors (Lipinski definition) is 5. The van der Waals surface area contributed by atoms with Crippen LogP contribution in [-0.2, 0) is 6.54 Å². The summed E-state index contributed by atoms with van der Waals surface area (Å²) in [4.78, 5) is 8.64. The van der Waals surface area contributed by atoms with Crippen molar-refractivity contribution in [3.8, 4) is 6.07 Å². The van der Waals surface area contributed by atoms with Crippen LogP contribution < -0.4 is 4.90 Å². The maximum Gasteiger partial charge on any atom is 0.234 e. The number of aromatic nitrogens is 1. The van der Waals surface area contributed by atoms with Crippen LogP contribution in [0.1, 0.15) is 17.1 Å². The van der Waals surface area contributed by atoms with E-state index in [-0.39, 0.29) is 0 Å². The van der Waals surface area contributed by atoms with Crippen molar-refractivity contribution >= 4 is 5.88 Å². The maximum absolute atomic E-state index is 9.10. The van der Waals surface area contributed by atoms with Gasteiger partial charge in [0.05, 0.1) is 0 Å². The number of piperazine rings is 1. The molecule has 0 aliphatic carbocycles. The fourth-order valence-electron chi connectivity index (χ4n) is 2.65. The summed E-state index contributed by atoms with van der Waals surface area (Å²) in [6.45, 7) is 6.37. The predicted molar refractivity (Wildman–Crippen MR) is 79.9 cm³/mol. The third-order valence-electron chi connectivity index (χ3n) is 3.73. The summed E-state index contributed by atoms with van der Waals surface area (Å²) in [6, 6.07) is 12.6. The van der Waals surface area contributed by atoms with Crippen molar-refractivity contribution in [3.63, 3.8) is 0 Å². The van der Waals surface area contributed by atoms with E-state index in [1.54, 1.807) is 6.92 Å². The van der Waals surface area contributed by atoms with Gasteiger partial charge in [-0.25, -0.2) is 4.98 Å². The second-order valence-corrected chi connectivity index (χ2v) is 5.25. The quantitative estimate of drug-likeness (QED) is 0.863. The topological polar surface area (TPSA) is 56.3 Å². The summed E-state index contributed by atoms with van der Waals surface area (Å²) in [6.07, 6.45) is 0. The Kier molecular flexibility index (Phi) is 3.89. The first kappa shape index (κ1) is 13.7. The average molecular weight is 282 g/mol. The van der Waals surface area contributed by atoms with Crippen molar-refractivity contribution in [3.05, 3.63) is 47.5 Å². The van der Waals surface area contributed by atoms with Crippen molar-refractivity contribution in [1.29, 1.82) is 5.26 Å². The van der Waals surface area contributed by atoms with E-state index in [2.05, 4.69) is 45.1 Å². The molecule has 1 aliphatic rings. The van der Waals surface area contributed by atoms with Crippen LogP contribution in [0.5, 0.6) is 0 Å². The fourth-order valence-corrected chi connectivity index (χ4v) is 2.65. The predicted octanol–water partition coefficient (Wildman–Crippen LogP) is 2.18. The number of aryl methyl sites for hydroxylation is 1. The van der Waals surface area contributed by atoms with E-state index in [9.17, 15) is 0 Å². The van der Waals surface area contributed by atoms with Gasteiger partial charge in [0.15, 0.2) is 5.89 Å². The zero-order valence-electron chi connectivity index (χ0n) is 12.1. The van der Waals surface area contributed by atoms with Gasteiger partial charge in [-0.05, 0) is 5.56 Å². The molecule has 0 amide bonds. The maximum atomic E-state index is 9.10. The van der Waals surface area contributed by atoms with Gasteiger partial charge in [0, 0.05) is 39.6 Å². The zero-order valence-corrected chi connectivity index (χ0v) is 12.1. The zero-order chi connectivity index (χ0) is 14.7. The number of rotatable bonds is 3. The number of oxazole rings is 1. The Bertz CT molecular complexity index is 636. The lowest BCUT2D eigenvalue weighted by atomic mass is 10.2. The minimum Gasteiger partial charge on any atom is -0.424 e. The SMILES string of the molecule is Cc1nc(C#N)c(N2CCN(Cc3ccccc3)CC2)o1. The van der Waals surface area contributed by atoms with Gasteiger partial charge in [-0.3, -0.25) is 4.90 Å². The molecular formula is C16H18N4O. The summed E-state index contributed by atoms with van der Waals surface area (Å²) in [5.41, 5.74) is 1.73. The summed E-state index contributed by atoms with van der Waals surface area (Å²) in [5.74, 6) is 1.17. The van der Waals surface area contributed by atoms with E-state index >= 15 is 0 Å². The number of anilines is 1. The van der Waals surface area contributed by atoms with Crippen LogP contribution in [0.4, 0.5) is 5.88 Å². The largest absolute Gasteiger partial charge is 0.424 e. The average Bonchev–Trinajstić information content (AvgIpc) is 2.90. The molecule has 0 atom stereocenters. The van der Waals surface area contributed by atoms with Crippen LogP contribution in [0.3, 0.4) is 0 Å². The first-order valence-electron chi connectivity index (χ1n) is 7.15. The Hall–Kier alpha value is -2.32. The molecule has 0 spiro atoms. The van der Waals surface area contributed by atoms with Gasteiger partial charge >= 0.3 is 0 Å². The molecule has 21 heavy (non-hydrogen) atoms. The van der Waals surface area contributed by atoms with Crippen molar-refractivity contribution < 1.29 is 4.42 Å². The molecule has 5 heteroatoms. The molecule has 1 aromatic heterocycles. The van der Waals surface area contributed by atoms with Crippen LogP contribution in [-0.4, -0.2) is 36.1 Å². The van der Waals surface area contributed by atoms with Gasteiger partial charge in [-0.2, -0.15) is 5.26 Å². The van der Waals surface area contributed by atoms with E-state index in [4.69, 9.17) is 9.68 Å². The molecule has 108 valence electrons. The van der Waals surface area contributed by atoms with Gasteiger partial charge in [0.2, 0.25) is 11.6 Å². The lowest BCUT2D eigenvalue weighted by Crippen LogP contribution is -2.46. The fraction of sp³-hybridized carbons (Fsp3) is 0.375. The Labute approximate surface area is 124 Å². The molecule has 1 aromatic carbocycles. The molecular weight excluding hydrogens is 264 g/mol. The number of nitrogens with zero attached hydrogens (tertiary/aromatic N) is 4.